The fourth-order valence-corrected chi connectivity index (χ4v) is 2.29. The van der Waals surface area contributed by atoms with Gasteiger partial charge in [-0.05, 0) is 42.9 Å². The van der Waals surface area contributed by atoms with Gasteiger partial charge in [0.25, 0.3) is 5.91 Å². The number of nitrogens with one attached hydrogen (secondary N) is 2. The molecule has 1 fully saturated rings. The molecule has 1 aliphatic rings. The lowest BCUT2D eigenvalue weighted by Gasteiger charge is -2.12. The van der Waals surface area contributed by atoms with Crippen molar-refractivity contribution in [2.75, 3.05) is 18.4 Å². The lowest BCUT2D eigenvalue weighted by Crippen LogP contribution is -2.26. The summed E-state index contributed by atoms with van der Waals surface area (Å²) in [4.78, 5) is 12.2. The molecule has 3 nitrogen and oxygen atoms in total. The predicted molar refractivity (Wildman–Crippen MR) is 79.8 cm³/mol. The second kappa shape index (κ2) is 6.29. The van der Waals surface area contributed by atoms with E-state index in [0.717, 1.165) is 31.1 Å². The fourth-order valence-electron chi connectivity index (χ4n) is 2.12. The molecule has 1 aromatic rings. The van der Waals surface area contributed by atoms with Gasteiger partial charge in [0.15, 0.2) is 0 Å². The zero-order valence-electron chi connectivity index (χ0n) is 11.5. The largest absolute Gasteiger partial charge is 0.384 e. The summed E-state index contributed by atoms with van der Waals surface area (Å²) in [5.41, 5.74) is 1.49. The molecule has 1 aliphatic carbocycles. The first-order valence-corrected chi connectivity index (χ1v) is 7.31. The highest BCUT2D eigenvalue weighted by Crippen LogP contribution is 2.36. The molecule has 1 amide bonds. The predicted octanol–water partition coefficient (Wildman–Crippen LogP) is 3.55. The van der Waals surface area contributed by atoms with Crippen molar-refractivity contribution in [1.82, 2.24) is 5.32 Å². The monoisotopic (exact) mass is 280 g/mol. The molecule has 2 atom stereocenters. The first kappa shape index (κ1) is 14.2. The first-order valence-electron chi connectivity index (χ1n) is 6.93. The molecule has 2 unspecified atom stereocenters. The van der Waals surface area contributed by atoms with Crippen LogP contribution in [0.25, 0.3) is 0 Å². The molecule has 0 aliphatic heterocycles. The molecule has 0 radical (unpaired) electrons. The van der Waals surface area contributed by atoms with Crippen molar-refractivity contribution in [3.63, 3.8) is 0 Å². The van der Waals surface area contributed by atoms with E-state index in [-0.39, 0.29) is 5.91 Å². The maximum Gasteiger partial charge on any atom is 0.253 e. The van der Waals surface area contributed by atoms with E-state index in [2.05, 4.69) is 24.5 Å². The van der Waals surface area contributed by atoms with Crippen LogP contribution in [0, 0.1) is 11.8 Å². The van der Waals surface area contributed by atoms with E-state index in [1.807, 2.05) is 6.07 Å². The second-order valence-electron chi connectivity index (χ2n) is 5.30. The van der Waals surface area contributed by atoms with Gasteiger partial charge in [0.2, 0.25) is 0 Å². The molecule has 1 aromatic carbocycles. The van der Waals surface area contributed by atoms with Crippen LogP contribution in [-0.4, -0.2) is 19.0 Å². The van der Waals surface area contributed by atoms with Crippen molar-refractivity contribution in [3.8, 4) is 0 Å². The lowest BCUT2D eigenvalue weighted by atomic mass is 10.1. The third-order valence-corrected chi connectivity index (χ3v) is 3.83. The highest BCUT2D eigenvalue weighted by atomic mass is 35.5. The average Bonchev–Trinajstić information content (AvgIpc) is 3.10. The van der Waals surface area contributed by atoms with Crippen LogP contribution in [0.3, 0.4) is 0 Å². The Morgan fingerprint density at radius 1 is 1.47 bits per heavy atom. The summed E-state index contributed by atoms with van der Waals surface area (Å²) < 4.78 is 0. The average molecular weight is 281 g/mol. The SMILES string of the molecule is CCCNc1ccc(Cl)cc1C(=O)NCC1CC1C. The van der Waals surface area contributed by atoms with Crippen LogP contribution in [0.15, 0.2) is 18.2 Å². The minimum atomic E-state index is -0.0415. The smallest absolute Gasteiger partial charge is 0.253 e. The molecule has 0 heterocycles. The molecule has 104 valence electrons. The Hall–Kier alpha value is -1.22. The summed E-state index contributed by atoms with van der Waals surface area (Å²) in [6.07, 6.45) is 2.24. The summed E-state index contributed by atoms with van der Waals surface area (Å²) in [5, 5.41) is 6.85. The minimum absolute atomic E-state index is 0.0415. The number of anilines is 1. The van der Waals surface area contributed by atoms with Gasteiger partial charge >= 0.3 is 0 Å². The van der Waals surface area contributed by atoms with Crippen LogP contribution in [0.4, 0.5) is 5.69 Å². The highest BCUT2D eigenvalue weighted by Gasteiger charge is 2.32. The Bertz CT molecular complexity index is 461. The van der Waals surface area contributed by atoms with Crippen LogP contribution >= 0.6 is 11.6 Å². The van der Waals surface area contributed by atoms with Crippen molar-refractivity contribution >= 4 is 23.2 Å². The Labute approximate surface area is 119 Å². The summed E-state index contributed by atoms with van der Waals surface area (Å²) in [6, 6.07) is 5.40. The van der Waals surface area contributed by atoms with Crippen molar-refractivity contribution in [3.05, 3.63) is 28.8 Å². The highest BCUT2D eigenvalue weighted by molar-refractivity contribution is 6.31. The topological polar surface area (TPSA) is 41.1 Å². The maximum absolute atomic E-state index is 12.2. The summed E-state index contributed by atoms with van der Waals surface area (Å²) in [6.45, 7) is 5.92. The molecule has 19 heavy (non-hydrogen) atoms. The normalized spacial score (nSPS) is 21.0. The van der Waals surface area contributed by atoms with E-state index in [4.69, 9.17) is 11.6 Å². The molecule has 0 spiro atoms. The van der Waals surface area contributed by atoms with Gasteiger partial charge in [0, 0.05) is 23.8 Å². The molecule has 0 saturated heterocycles. The number of benzene rings is 1. The summed E-state index contributed by atoms with van der Waals surface area (Å²) >= 11 is 5.99. The van der Waals surface area contributed by atoms with Crippen LogP contribution in [-0.2, 0) is 0 Å². The van der Waals surface area contributed by atoms with Gasteiger partial charge in [-0.15, -0.1) is 0 Å². The number of rotatable bonds is 6. The summed E-state index contributed by atoms with van der Waals surface area (Å²) in [7, 11) is 0. The van der Waals surface area contributed by atoms with E-state index < -0.39 is 0 Å². The first-order chi connectivity index (χ1) is 9.11. The van der Waals surface area contributed by atoms with Gasteiger partial charge in [-0.1, -0.05) is 25.4 Å². The second-order valence-corrected chi connectivity index (χ2v) is 5.74. The van der Waals surface area contributed by atoms with Gasteiger partial charge in [-0.2, -0.15) is 0 Å². The Balaban J connectivity index is 2.02. The van der Waals surface area contributed by atoms with E-state index >= 15 is 0 Å². The lowest BCUT2D eigenvalue weighted by molar-refractivity contribution is 0.0952. The third kappa shape index (κ3) is 3.87. The maximum atomic E-state index is 12.2. The number of carbonyl (C=O) groups excluding carboxylic acids is 1. The Kier molecular flexibility index (Phi) is 4.70. The fraction of sp³-hybridized carbons (Fsp3) is 0.533. The van der Waals surface area contributed by atoms with Gasteiger partial charge in [0.05, 0.1) is 5.56 Å². The standard InChI is InChI=1S/C15H21ClN2O/c1-3-6-17-14-5-4-12(16)8-13(14)15(19)18-9-11-7-10(11)2/h4-5,8,10-11,17H,3,6-7,9H2,1-2H3,(H,18,19). The van der Waals surface area contributed by atoms with Crippen LogP contribution < -0.4 is 10.6 Å². The van der Waals surface area contributed by atoms with Gasteiger partial charge in [-0.25, -0.2) is 0 Å². The summed E-state index contributed by atoms with van der Waals surface area (Å²) in [5.74, 6) is 1.35. The number of hydrogen-bond acceptors (Lipinski definition) is 2. The van der Waals surface area contributed by atoms with Crippen molar-refractivity contribution in [1.29, 1.82) is 0 Å². The van der Waals surface area contributed by atoms with Crippen molar-refractivity contribution in [2.24, 2.45) is 11.8 Å². The third-order valence-electron chi connectivity index (χ3n) is 3.59. The number of hydrogen-bond donors (Lipinski definition) is 2. The van der Waals surface area contributed by atoms with Crippen LogP contribution in [0.1, 0.15) is 37.0 Å². The number of halogens is 1. The molecular formula is C15H21ClN2O. The number of carbonyl (C=O) groups is 1. The zero-order chi connectivity index (χ0) is 13.8. The molecular weight excluding hydrogens is 260 g/mol. The Morgan fingerprint density at radius 3 is 2.84 bits per heavy atom. The Morgan fingerprint density at radius 2 is 2.21 bits per heavy atom. The molecule has 4 heteroatoms. The zero-order valence-corrected chi connectivity index (χ0v) is 12.3. The van der Waals surface area contributed by atoms with Crippen molar-refractivity contribution in [2.45, 2.75) is 26.7 Å². The van der Waals surface area contributed by atoms with Gasteiger partial charge in [-0.3, -0.25) is 4.79 Å². The van der Waals surface area contributed by atoms with E-state index in [1.165, 1.54) is 6.42 Å². The molecule has 0 bridgehead atoms. The van der Waals surface area contributed by atoms with Crippen LogP contribution in [0.5, 0.6) is 0 Å². The molecule has 2 rings (SSSR count). The van der Waals surface area contributed by atoms with E-state index in [9.17, 15) is 4.79 Å². The molecule has 0 aromatic heterocycles. The molecule has 2 N–H and O–H groups in total. The van der Waals surface area contributed by atoms with Gasteiger partial charge < -0.3 is 10.6 Å². The van der Waals surface area contributed by atoms with E-state index in [1.54, 1.807) is 12.1 Å². The van der Waals surface area contributed by atoms with Crippen LogP contribution in [0.2, 0.25) is 5.02 Å². The quantitative estimate of drug-likeness (QED) is 0.837. The number of amides is 1. The van der Waals surface area contributed by atoms with Gasteiger partial charge in [0.1, 0.15) is 0 Å². The molecule has 1 saturated carbocycles. The van der Waals surface area contributed by atoms with E-state index in [0.29, 0.717) is 16.5 Å². The minimum Gasteiger partial charge on any atom is -0.384 e. The van der Waals surface area contributed by atoms with Crippen molar-refractivity contribution < 1.29 is 4.79 Å².